The van der Waals surface area contributed by atoms with Gasteiger partial charge in [-0.3, -0.25) is 4.99 Å². The summed E-state index contributed by atoms with van der Waals surface area (Å²) in [6.07, 6.45) is 4.03. The maximum Gasteiger partial charge on any atom is 0.0641 e. The van der Waals surface area contributed by atoms with Crippen molar-refractivity contribution >= 4 is 11.9 Å². The second kappa shape index (κ2) is 2.68. The zero-order valence-corrected chi connectivity index (χ0v) is 8.44. The number of rotatable bonds is 3. The Balaban J connectivity index is 2.62. The van der Waals surface area contributed by atoms with Gasteiger partial charge in [0.1, 0.15) is 0 Å². The molecule has 0 spiro atoms. The summed E-state index contributed by atoms with van der Waals surface area (Å²) in [6, 6.07) is 0. The van der Waals surface area contributed by atoms with E-state index in [0.717, 1.165) is 0 Å². The van der Waals surface area contributed by atoms with Gasteiger partial charge < -0.3 is 5.41 Å². The van der Waals surface area contributed by atoms with Gasteiger partial charge in [-0.25, -0.2) is 0 Å². The minimum Gasteiger partial charge on any atom is -0.304 e. The molecule has 0 aromatic carbocycles. The van der Waals surface area contributed by atoms with Crippen LogP contribution in [0.4, 0.5) is 0 Å². The average molecular weight is 166 g/mol. The SMILES string of the molecule is CCC1(C)CC1(C)/N=C/C(C)=N. The van der Waals surface area contributed by atoms with E-state index >= 15 is 0 Å². The van der Waals surface area contributed by atoms with E-state index in [1.807, 2.05) is 0 Å². The molecule has 0 aliphatic heterocycles. The molecule has 0 heterocycles. The minimum absolute atomic E-state index is 0.115. The molecule has 0 bridgehead atoms. The van der Waals surface area contributed by atoms with Gasteiger partial charge in [-0.15, -0.1) is 0 Å². The molecule has 1 N–H and O–H groups in total. The number of nitrogens with one attached hydrogen (secondary N) is 1. The van der Waals surface area contributed by atoms with Crippen molar-refractivity contribution in [3.8, 4) is 0 Å². The van der Waals surface area contributed by atoms with Crippen LogP contribution in [0.3, 0.4) is 0 Å². The van der Waals surface area contributed by atoms with Crippen molar-refractivity contribution in [2.75, 3.05) is 0 Å². The minimum atomic E-state index is 0.115. The summed E-state index contributed by atoms with van der Waals surface area (Å²) in [5.41, 5.74) is 1.05. The van der Waals surface area contributed by atoms with E-state index < -0.39 is 0 Å². The van der Waals surface area contributed by atoms with Gasteiger partial charge in [0.2, 0.25) is 0 Å². The molecule has 0 aromatic heterocycles. The van der Waals surface area contributed by atoms with Gasteiger partial charge >= 0.3 is 0 Å². The van der Waals surface area contributed by atoms with Crippen LogP contribution in [0.5, 0.6) is 0 Å². The van der Waals surface area contributed by atoms with Crippen LogP contribution in [0.15, 0.2) is 4.99 Å². The van der Waals surface area contributed by atoms with Crippen molar-refractivity contribution in [3.05, 3.63) is 0 Å². The standard InChI is InChI=1S/C10H18N2/c1-5-9(3)7-10(9,4)12-6-8(2)11/h6,11H,5,7H2,1-4H3/b11-8?,12-6+. The van der Waals surface area contributed by atoms with Crippen molar-refractivity contribution in [1.29, 1.82) is 5.41 Å². The summed E-state index contributed by atoms with van der Waals surface area (Å²) < 4.78 is 0. The Hall–Kier alpha value is -0.660. The second-order valence-corrected chi connectivity index (χ2v) is 4.31. The zero-order chi connectivity index (χ0) is 9.41. The molecule has 0 radical (unpaired) electrons. The molecule has 1 fully saturated rings. The Bertz CT molecular complexity index is 232. The monoisotopic (exact) mass is 166 g/mol. The quantitative estimate of drug-likeness (QED) is 0.626. The van der Waals surface area contributed by atoms with Crippen LogP contribution in [-0.4, -0.2) is 17.5 Å². The van der Waals surface area contributed by atoms with Crippen LogP contribution in [-0.2, 0) is 0 Å². The number of hydrogen-bond acceptors (Lipinski definition) is 2. The summed E-state index contributed by atoms with van der Waals surface area (Å²) in [4.78, 5) is 4.44. The average Bonchev–Trinajstić information content (AvgIpc) is 2.53. The smallest absolute Gasteiger partial charge is 0.0641 e. The van der Waals surface area contributed by atoms with Gasteiger partial charge in [-0.1, -0.05) is 13.8 Å². The highest BCUT2D eigenvalue weighted by Crippen LogP contribution is 2.60. The molecule has 2 nitrogen and oxygen atoms in total. The van der Waals surface area contributed by atoms with Crippen molar-refractivity contribution in [1.82, 2.24) is 0 Å². The predicted octanol–water partition coefficient (Wildman–Crippen LogP) is 2.68. The molecule has 2 atom stereocenters. The molecule has 1 aliphatic rings. The molecule has 2 heteroatoms. The topological polar surface area (TPSA) is 36.2 Å². The fourth-order valence-corrected chi connectivity index (χ4v) is 1.66. The highest BCUT2D eigenvalue weighted by molar-refractivity contribution is 6.28. The fraction of sp³-hybridized carbons (Fsp3) is 0.800. The highest BCUT2D eigenvalue weighted by Gasteiger charge is 2.59. The number of aliphatic imine (C=N–C) groups is 1. The fourth-order valence-electron chi connectivity index (χ4n) is 1.66. The number of hydrogen-bond donors (Lipinski definition) is 1. The lowest BCUT2D eigenvalue weighted by molar-refractivity contribution is 0.463. The van der Waals surface area contributed by atoms with Gasteiger partial charge in [-0.05, 0) is 32.1 Å². The normalized spacial score (nSPS) is 40.3. The van der Waals surface area contributed by atoms with E-state index in [-0.39, 0.29) is 5.54 Å². The largest absolute Gasteiger partial charge is 0.304 e. The number of nitrogens with zero attached hydrogens (tertiary/aromatic N) is 1. The van der Waals surface area contributed by atoms with Crippen molar-refractivity contribution in [3.63, 3.8) is 0 Å². The van der Waals surface area contributed by atoms with Crippen molar-refractivity contribution in [2.45, 2.75) is 46.1 Å². The van der Waals surface area contributed by atoms with E-state index in [1.165, 1.54) is 12.8 Å². The molecule has 12 heavy (non-hydrogen) atoms. The van der Waals surface area contributed by atoms with Gasteiger partial charge in [0.25, 0.3) is 0 Å². The summed E-state index contributed by atoms with van der Waals surface area (Å²) in [5.74, 6) is 0. The third-order valence-electron chi connectivity index (χ3n) is 3.23. The van der Waals surface area contributed by atoms with E-state index in [2.05, 4.69) is 25.8 Å². The molecule has 1 saturated carbocycles. The van der Waals surface area contributed by atoms with E-state index in [9.17, 15) is 0 Å². The van der Waals surface area contributed by atoms with Gasteiger partial charge in [-0.2, -0.15) is 0 Å². The molecule has 68 valence electrons. The molecule has 0 saturated heterocycles. The summed E-state index contributed by atoms with van der Waals surface area (Å²) in [6.45, 7) is 8.41. The lowest BCUT2D eigenvalue weighted by Gasteiger charge is -2.11. The summed E-state index contributed by atoms with van der Waals surface area (Å²) >= 11 is 0. The predicted molar refractivity (Wildman–Crippen MR) is 53.3 cm³/mol. The molecule has 0 aromatic rings. The van der Waals surface area contributed by atoms with Gasteiger partial charge in [0.05, 0.1) is 5.54 Å². The Morgan fingerprint density at radius 3 is 2.50 bits per heavy atom. The van der Waals surface area contributed by atoms with Crippen molar-refractivity contribution < 1.29 is 0 Å². The first-order chi connectivity index (χ1) is 5.43. The van der Waals surface area contributed by atoms with Crippen LogP contribution >= 0.6 is 0 Å². The molecule has 1 rings (SSSR count). The van der Waals surface area contributed by atoms with E-state index in [0.29, 0.717) is 11.1 Å². The van der Waals surface area contributed by atoms with Crippen LogP contribution in [0.2, 0.25) is 0 Å². The summed E-state index contributed by atoms with van der Waals surface area (Å²) in [5, 5.41) is 7.24. The lowest BCUT2D eigenvalue weighted by atomic mass is 10.0. The molecule has 2 unspecified atom stereocenters. The van der Waals surface area contributed by atoms with Crippen LogP contribution in [0.25, 0.3) is 0 Å². The highest BCUT2D eigenvalue weighted by atomic mass is 15.0. The Labute approximate surface area is 74.6 Å². The summed E-state index contributed by atoms with van der Waals surface area (Å²) in [7, 11) is 0. The second-order valence-electron chi connectivity index (χ2n) is 4.31. The third kappa shape index (κ3) is 1.43. The maximum atomic E-state index is 7.24. The van der Waals surface area contributed by atoms with E-state index in [1.54, 1.807) is 13.1 Å². The first-order valence-electron chi connectivity index (χ1n) is 4.54. The maximum absolute atomic E-state index is 7.24. The zero-order valence-electron chi connectivity index (χ0n) is 8.44. The molecule has 0 amide bonds. The molecule has 1 aliphatic carbocycles. The Morgan fingerprint density at radius 1 is 1.58 bits per heavy atom. The Morgan fingerprint density at radius 2 is 2.17 bits per heavy atom. The first-order valence-corrected chi connectivity index (χ1v) is 4.54. The van der Waals surface area contributed by atoms with Gasteiger partial charge in [0.15, 0.2) is 0 Å². The van der Waals surface area contributed by atoms with Crippen LogP contribution < -0.4 is 0 Å². The first kappa shape index (κ1) is 9.43. The lowest BCUT2D eigenvalue weighted by Crippen LogP contribution is -2.11. The van der Waals surface area contributed by atoms with Gasteiger partial charge in [0, 0.05) is 11.9 Å². The van der Waals surface area contributed by atoms with Crippen molar-refractivity contribution in [2.24, 2.45) is 10.4 Å². The molecular formula is C10H18N2. The Kier molecular flexibility index (Phi) is 2.11. The van der Waals surface area contributed by atoms with Crippen LogP contribution in [0.1, 0.15) is 40.5 Å². The van der Waals surface area contributed by atoms with Crippen LogP contribution in [0, 0.1) is 10.8 Å². The van der Waals surface area contributed by atoms with E-state index in [4.69, 9.17) is 5.41 Å². The molecular weight excluding hydrogens is 148 g/mol. The third-order valence-corrected chi connectivity index (χ3v) is 3.23.